The zero-order valence-electron chi connectivity index (χ0n) is 2.83. The van der Waals surface area contributed by atoms with Crippen LogP contribution in [0.5, 0.6) is 0 Å². The van der Waals surface area contributed by atoms with E-state index in [1.165, 1.54) is 0 Å². The second kappa shape index (κ2) is 682. The predicted octanol–water partition coefficient (Wildman–Crippen LogP) is 0.478. The van der Waals surface area contributed by atoms with Crippen LogP contribution in [0.3, 0.4) is 0 Å². The maximum atomic E-state index is 3.00. The van der Waals surface area contributed by atoms with Gasteiger partial charge in [-0.2, -0.15) is 0 Å². The summed E-state index contributed by atoms with van der Waals surface area (Å²) in [6.07, 6.45) is 0. The Morgan fingerprint density at radius 3 is 0.800 bits per heavy atom. The van der Waals surface area contributed by atoms with Gasteiger partial charge in [-0.1, -0.05) is 0 Å². The van der Waals surface area contributed by atoms with Crippen LogP contribution < -0.4 is 12.3 Å². The van der Waals surface area contributed by atoms with Crippen LogP contribution >= 0.6 is 0 Å². The van der Waals surface area contributed by atoms with Gasteiger partial charge < -0.3 is 12.3 Å². The van der Waals surface area contributed by atoms with Gasteiger partial charge in [0.05, 0.1) is 0 Å². The van der Waals surface area contributed by atoms with Crippen molar-refractivity contribution in [2.45, 2.75) is 0 Å². The van der Waals surface area contributed by atoms with Gasteiger partial charge in [0.2, 0.25) is 0 Å². The molecule has 2 nitrogen and oxygen atoms in total. The molecule has 0 aliphatic heterocycles. The second-order valence-electron chi connectivity index (χ2n) is 0. The predicted molar refractivity (Wildman–Crippen MR) is 28.4 cm³/mol. The normalized spacial score (nSPS) is 0.800. The molecule has 0 saturated carbocycles. The summed E-state index contributed by atoms with van der Waals surface area (Å²) in [7, 11) is 0. The van der Waals surface area contributed by atoms with E-state index in [0.717, 1.165) is 0 Å². The molecule has 0 rings (SSSR count). The van der Waals surface area contributed by atoms with Crippen LogP contribution in [0.1, 0.15) is 0 Å². The van der Waals surface area contributed by atoms with Crippen molar-refractivity contribution in [3.05, 3.63) is 13.2 Å². The minimum absolute atomic E-state index is 0. The topological polar surface area (TPSA) is 70.0 Å². The SMILES string of the molecule is C=C.N.N.[LiH]. The fourth-order valence-electron chi connectivity index (χ4n) is 0. The average molecular weight is 70.1 g/mol. The Labute approximate surface area is 45.0 Å². The Morgan fingerprint density at radius 1 is 0.800 bits per heavy atom. The first kappa shape index (κ1) is 60.3. The molecule has 30 valence electrons. The number of hydrogen-bond donors (Lipinski definition) is 2. The molecule has 0 atom stereocenters. The molecule has 0 aromatic heterocycles. The molecule has 0 unspecified atom stereocenters. The van der Waals surface area contributed by atoms with Crippen molar-refractivity contribution < 1.29 is 0 Å². The molecule has 0 radical (unpaired) electrons. The standard InChI is InChI=1S/C2H4.Li.2H3N.H/c1-2;;;;/h1-2H2;;2*1H3;. The molecule has 5 heavy (non-hydrogen) atoms. The molecule has 0 aliphatic carbocycles. The van der Waals surface area contributed by atoms with Crippen LogP contribution in [-0.2, 0) is 0 Å². The van der Waals surface area contributed by atoms with Crippen LogP contribution in [0.2, 0.25) is 0 Å². The van der Waals surface area contributed by atoms with Crippen molar-refractivity contribution in [1.82, 2.24) is 12.3 Å². The molecular weight excluding hydrogens is 59.0 g/mol. The zero-order chi connectivity index (χ0) is 2.00. The molecular formula is C2H11LiN2. The summed E-state index contributed by atoms with van der Waals surface area (Å²) in [5, 5.41) is 0. The molecule has 0 aromatic carbocycles. The van der Waals surface area contributed by atoms with Crippen molar-refractivity contribution >= 4 is 18.9 Å². The van der Waals surface area contributed by atoms with Crippen LogP contribution in [0, 0.1) is 0 Å². The van der Waals surface area contributed by atoms with Crippen molar-refractivity contribution in [1.29, 1.82) is 0 Å². The van der Waals surface area contributed by atoms with Crippen molar-refractivity contribution in [2.24, 2.45) is 0 Å². The third kappa shape index (κ3) is 327. The van der Waals surface area contributed by atoms with Crippen molar-refractivity contribution in [3.63, 3.8) is 0 Å². The van der Waals surface area contributed by atoms with Gasteiger partial charge in [0, 0.05) is 0 Å². The molecule has 0 aromatic rings. The minimum atomic E-state index is 0. The third-order valence-corrected chi connectivity index (χ3v) is 0. The summed E-state index contributed by atoms with van der Waals surface area (Å²) in [6.45, 7) is 6.00. The van der Waals surface area contributed by atoms with E-state index < -0.39 is 0 Å². The van der Waals surface area contributed by atoms with E-state index >= 15 is 0 Å². The summed E-state index contributed by atoms with van der Waals surface area (Å²) in [6, 6.07) is 0. The first-order chi connectivity index (χ1) is 1.00. The van der Waals surface area contributed by atoms with Gasteiger partial charge in [-0.25, -0.2) is 0 Å². The summed E-state index contributed by atoms with van der Waals surface area (Å²) >= 11 is 0. The van der Waals surface area contributed by atoms with E-state index in [1.54, 1.807) is 0 Å². The summed E-state index contributed by atoms with van der Waals surface area (Å²) in [5.41, 5.74) is 0. The van der Waals surface area contributed by atoms with Crippen LogP contribution in [0.4, 0.5) is 0 Å². The van der Waals surface area contributed by atoms with Crippen molar-refractivity contribution in [3.8, 4) is 0 Å². The summed E-state index contributed by atoms with van der Waals surface area (Å²) in [4.78, 5) is 0. The molecule has 0 spiro atoms. The summed E-state index contributed by atoms with van der Waals surface area (Å²) in [5.74, 6) is 0. The molecule has 0 bridgehead atoms. The molecule has 3 heteroatoms. The summed E-state index contributed by atoms with van der Waals surface area (Å²) < 4.78 is 0. The quantitative estimate of drug-likeness (QED) is 0.321. The average Bonchev–Trinajstić information content (AvgIpc) is 1.00. The van der Waals surface area contributed by atoms with Gasteiger partial charge in [0.1, 0.15) is 0 Å². The van der Waals surface area contributed by atoms with E-state index in [9.17, 15) is 0 Å². The van der Waals surface area contributed by atoms with E-state index in [-0.39, 0.29) is 31.2 Å². The van der Waals surface area contributed by atoms with Crippen LogP contribution in [0.25, 0.3) is 0 Å². The number of rotatable bonds is 0. The zero-order valence-corrected chi connectivity index (χ0v) is 2.83. The molecule has 6 N–H and O–H groups in total. The molecule has 0 amide bonds. The van der Waals surface area contributed by atoms with Gasteiger partial charge in [0.25, 0.3) is 0 Å². The van der Waals surface area contributed by atoms with E-state index in [2.05, 4.69) is 13.2 Å². The van der Waals surface area contributed by atoms with Gasteiger partial charge >= 0.3 is 18.9 Å². The fourth-order valence-corrected chi connectivity index (χ4v) is 0. The molecule has 0 fully saturated rings. The van der Waals surface area contributed by atoms with Crippen LogP contribution in [0.15, 0.2) is 13.2 Å². The number of hydrogen-bond acceptors (Lipinski definition) is 2. The Morgan fingerprint density at radius 2 is 0.800 bits per heavy atom. The Kier molecular flexibility index (Phi) is 8220. The van der Waals surface area contributed by atoms with Gasteiger partial charge in [-0.05, 0) is 0 Å². The molecule has 0 heterocycles. The first-order valence-electron chi connectivity index (χ1n) is 0.500. The van der Waals surface area contributed by atoms with Gasteiger partial charge in [-0.15, -0.1) is 13.2 Å². The Bertz CT molecular complexity index is 7.61. The molecule has 0 saturated heterocycles. The van der Waals surface area contributed by atoms with E-state index in [4.69, 9.17) is 0 Å². The monoisotopic (exact) mass is 70.1 g/mol. The Hall–Kier alpha value is 0.257. The molecule has 0 aliphatic rings. The first-order valence-corrected chi connectivity index (χ1v) is 0.500. The van der Waals surface area contributed by atoms with Gasteiger partial charge in [0.15, 0.2) is 0 Å². The van der Waals surface area contributed by atoms with Gasteiger partial charge in [-0.3, -0.25) is 0 Å². The fraction of sp³-hybridized carbons (Fsp3) is 0. The maximum absolute atomic E-state index is 3.00. The van der Waals surface area contributed by atoms with Crippen molar-refractivity contribution in [2.75, 3.05) is 0 Å². The van der Waals surface area contributed by atoms with E-state index in [0.29, 0.717) is 0 Å². The third-order valence-electron chi connectivity index (χ3n) is 0. The van der Waals surface area contributed by atoms with Crippen LogP contribution in [-0.4, -0.2) is 18.9 Å². The second-order valence-corrected chi connectivity index (χ2v) is 0. The van der Waals surface area contributed by atoms with E-state index in [1.807, 2.05) is 0 Å². The Balaban J connectivity index is -0.00000000167.